The van der Waals surface area contributed by atoms with Crippen LogP contribution in [0.15, 0.2) is 36.4 Å². The van der Waals surface area contributed by atoms with E-state index < -0.39 is 11.6 Å². The Morgan fingerprint density at radius 1 is 0.824 bits per heavy atom. The molecule has 0 saturated carbocycles. The van der Waals surface area contributed by atoms with E-state index in [0.717, 1.165) is 30.9 Å². The van der Waals surface area contributed by atoms with Crippen molar-refractivity contribution in [1.29, 1.82) is 0 Å². The lowest BCUT2D eigenvalue weighted by molar-refractivity contribution is 0.511. The van der Waals surface area contributed by atoms with Gasteiger partial charge in [-0.3, -0.25) is 0 Å². The molecule has 0 atom stereocenters. The van der Waals surface area contributed by atoms with Gasteiger partial charge in [-0.25, -0.2) is 8.78 Å². The van der Waals surface area contributed by atoms with Gasteiger partial charge in [-0.05, 0) is 42.0 Å². The highest BCUT2D eigenvalue weighted by atomic mass is 19.2. The van der Waals surface area contributed by atoms with Gasteiger partial charge in [0.1, 0.15) is 0 Å². The summed E-state index contributed by atoms with van der Waals surface area (Å²) in [5.74, 6) is -1.52. The van der Waals surface area contributed by atoms with Crippen LogP contribution < -0.4 is 0 Å². The van der Waals surface area contributed by atoms with Gasteiger partial charge in [0.05, 0.1) is 0 Å². The van der Waals surface area contributed by atoms with E-state index in [1.807, 2.05) is 12.1 Å². The van der Waals surface area contributed by atoms with Gasteiger partial charge in [0.15, 0.2) is 11.6 Å². The summed E-state index contributed by atoms with van der Waals surface area (Å²) in [7, 11) is 0. The van der Waals surface area contributed by atoms with Crippen LogP contribution in [0.2, 0.25) is 0 Å². The highest BCUT2D eigenvalue weighted by molar-refractivity contribution is 5.70. The van der Waals surface area contributed by atoms with Crippen LogP contribution in [-0.2, 0) is 12.8 Å². The maximum absolute atomic E-state index is 13.8. The van der Waals surface area contributed by atoms with Gasteiger partial charge in [-0.15, -0.1) is 0 Å². The van der Waals surface area contributed by atoms with Crippen LogP contribution in [0.1, 0.15) is 17.5 Å². The minimum absolute atomic E-state index is 0.378. The molecule has 86 valence electrons. The average Bonchev–Trinajstić information content (AvgIpc) is 2.81. The molecule has 2 aromatic rings. The predicted molar refractivity (Wildman–Crippen MR) is 63.8 cm³/mol. The molecule has 17 heavy (non-hydrogen) atoms. The largest absolute Gasteiger partial charge is 0.204 e. The zero-order valence-corrected chi connectivity index (χ0v) is 9.34. The Morgan fingerprint density at radius 2 is 1.59 bits per heavy atom. The summed E-state index contributed by atoms with van der Waals surface area (Å²) in [6.45, 7) is 0. The Hall–Kier alpha value is -1.70. The van der Waals surface area contributed by atoms with Gasteiger partial charge in [-0.1, -0.05) is 30.3 Å². The van der Waals surface area contributed by atoms with E-state index in [9.17, 15) is 8.78 Å². The molecule has 3 rings (SSSR count). The van der Waals surface area contributed by atoms with E-state index in [2.05, 4.69) is 6.07 Å². The summed E-state index contributed by atoms with van der Waals surface area (Å²) in [4.78, 5) is 0. The molecule has 0 nitrogen and oxygen atoms in total. The van der Waals surface area contributed by atoms with E-state index >= 15 is 0 Å². The Kier molecular flexibility index (Phi) is 2.43. The highest BCUT2D eigenvalue weighted by Crippen LogP contribution is 2.34. The minimum atomic E-state index is -0.780. The van der Waals surface area contributed by atoms with Crippen molar-refractivity contribution < 1.29 is 8.78 Å². The molecule has 0 saturated heterocycles. The zero-order chi connectivity index (χ0) is 11.8. The third-order valence-corrected chi connectivity index (χ3v) is 3.39. The number of halogens is 2. The number of aryl methyl sites for hydroxylation is 1. The second-order valence-electron chi connectivity index (χ2n) is 4.40. The summed E-state index contributed by atoms with van der Waals surface area (Å²) in [6.07, 6.45) is 3.10. The molecule has 2 heteroatoms. The first-order valence-corrected chi connectivity index (χ1v) is 5.82. The Bertz CT molecular complexity index is 573. The molecule has 0 aliphatic heterocycles. The Labute approximate surface area is 98.9 Å². The number of rotatable bonds is 1. The van der Waals surface area contributed by atoms with Crippen LogP contribution in [-0.4, -0.2) is 0 Å². The van der Waals surface area contributed by atoms with E-state index in [1.54, 1.807) is 12.1 Å². The van der Waals surface area contributed by atoms with Crippen LogP contribution >= 0.6 is 0 Å². The minimum Gasteiger partial charge on any atom is -0.204 e. The lowest BCUT2D eigenvalue weighted by atomic mass is 9.96. The maximum Gasteiger partial charge on any atom is 0.166 e. The number of hydrogen-bond donors (Lipinski definition) is 0. The van der Waals surface area contributed by atoms with Crippen molar-refractivity contribution in [3.63, 3.8) is 0 Å². The quantitative estimate of drug-likeness (QED) is 0.691. The molecular weight excluding hydrogens is 218 g/mol. The summed E-state index contributed by atoms with van der Waals surface area (Å²) < 4.78 is 27.0. The van der Waals surface area contributed by atoms with Crippen molar-refractivity contribution in [3.05, 3.63) is 59.2 Å². The number of hydrogen-bond acceptors (Lipinski definition) is 0. The van der Waals surface area contributed by atoms with Crippen LogP contribution in [0.3, 0.4) is 0 Å². The van der Waals surface area contributed by atoms with Gasteiger partial charge in [0.2, 0.25) is 0 Å². The van der Waals surface area contributed by atoms with Crippen molar-refractivity contribution in [2.24, 2.45) is 0 Å². The lowest BCUT2D eigenvalue weighted by Crippen LogP contribution is -1.93. The van der Waals surface area contributed by atoms with E-state index in [4.69, 9.17) is 0 Å². The van der Waals surface area contributed by atoms with Crippen LogP contribution in [0, 0.1) is 11.6 Å². The molecule has 0 radical (unpaired) electrons. The lowest BCUT2D eigenvalue weighted by Gasteiger charge is -2.09. The molecule has 0 bridgehead atoms. The average molecular weight is 230 g/mol. The standard InChI is InChI=1S/C15H12F2/c16-14-9-3-8-13(15(14)17)12-7-2-5-10-4-1-6-11(10)12/h2-3,5,7-9H,1,4,6H2. The third kappa shape index (κ3) is 1.64. The smallest absolute Gasteiger partial charge is 0.166 e. The highest BCUT2D eigenvalue weighted by Gasteiger charge is 2.18. The molecule has 0 aromatic heterocycles. The van der Waals surface area contributed by atoms with Crippen molar-refractivity contribution in [2.75, 3.05) is 0 Å². The maximum atomic E-state index is 13.8. The fourth-order valence-corrected chi connectivity index (χ4v) is 2.58. The second-order valence-corrected chi connectivity index (χ2v) is 4.40. The second kappa shape index (κ2) is 3.95. The topological polar surface area (TPSA) is 0 Å². The summed E-state index contributed by atoms with van der Waals surface area (Å²) in [5, 5.41) is 0. The predicted octanol–water partition coefficient (Wildman–Crippen LogP) is 4.12. The zero-order valence-electron chi connectivity index (χ0n) is 9.34. The monoisotopic (exact) mass is 230 g/mol. The van der Waals surface area contributed by atoms with E-state index in [1.165, 1.54) is 11.1 Å². The van der Waals surface area contributed by atoms with Gasteiger partial charge in [0.25, 0.3) is 0 Å². The van der Waals surface area contributed by atoms with Crippen LogP contribution in [0.25, 0.3) is 11.1 Å². The molecule has 0 heterocycles. The van der Waals surface area contributed by atoms with E-state index in [0.29, 0.717) is 5.56 Å². The third-order valence-electron chi connectivity index (χ3n) is 3.39. The summed E-state index contributed by atoms with van der Waals surface area (Å²) >= 11 is 0. The molecule has 0 unspecified atom stereocenters. The molecule has 0 N–H and O–H groups in total. The Morgan fingerprint density at radius 3 is 2.47 bits per heavy atom. The van der Waals surface area contributed by atoms with Crippen molar-refractivity contribution in [1.82, 2.24) is 0 Å². The number of benzene rings is 2. The van der Waals surface area contributed by atoms with E-state index in [-0.39, 0.29) is 0 Å². The van der Waals surface area contributed by atoms with Crippen LogP contribution in [0.5, 0.6) is 0 Å². The first-order chi connectivity index (χ1) is 8.27. The normalized spacial score (nSPS) is 13.8. The molecule has 2 aromatic carbocycles. The molecule has 0 fully saturated rings. The van der Waals surface area contributed by atoms with Crippen molar-refractivity contribution >= 4 is 0 Å². The summed E-state index contributed by atoms with van der Waals surface area (Å²) in [5.41, 5.74) is 3.67. The van der Waals surface area contributed by atoms with Crippen LogP contribution in [0.4, 0.5) is 8.78 Å². The van der Waals surface area contributed by atoms with Gasteiger partial charge in [-0.2, -0.15) is 0 Å². The molecule has 0 amide bonds. The molecule has 1 aliphatic rings. The van der Waals surface area contributed by atoms with Gasteiger partial charge in [0, 0.05) is 5.56 Å². The van der Waals surface area contributed by atoms with Gasteiger partial charge < -0.3 is 0 Å². The fraction of sp³-hybridized carbons (Fsp3) is 0.200. The summed E-state index contributed by atoms with van der Waals surface area (Å²) in [6, 6.07) is 10.2. The SMILES string of the molecule is Fc1cccc(-c2cccc3c2CCC3)c1F. The van der Waals surface area contributed by atoms with Gasteiger partial charge >= 0.3 is 0 Å². The van der Waals surface area contributed by atoms with Crippen molar-refractivity contribution in [2.45, 2.75) is 19.3 Å². The fourth-order valence-electron chi connectivity index (χ4n) is 2.58. The Balaban J connectivity index is 2.23. The molecule has 1 aliphatic carbocycles. The van der Waals surface area contributed by atoms with Crippen molar-refractivity contribution in [3.8, 4) is 11.1 Å². The molecule has 0 spiro atoms. The molecular formula is C15H12F2. The first kappa shape index (κ1) is 10.5. The first-order valence-electron chi connectivity index (χ1n) is 5.82. The number of fused-ring (bicyclic) bond motifs is 1.